The summed E-state index contributed by atoms with van der Waals surface area (Å²) >= 11 is 1.75. The molecule has 94 valence electrons. The van der Waals surface area contributed by atoms with E-state index in [1.807, 2.05) is 0 Å². The Morgan fingerprint density at radius 2 is 2.41 bits per heavy atom. The fraction of sp³-hybridized carbons (Fsp3) is 0.643. The zero-order valence-corrected chi connectivity index (χ0v) is 11.5. The van der Waals surface area contributed by atoms with Crippen LogP contribution < -0.4 is 5.32 Å². The molecule has 1 aliphatic heterocycles. The van der Waals surface area contributed by atoms with Gasteiger partial charge in [0.25, 0.3) is 0 Å². The second-order valence-corrected chi connectivity index (χ2v) is 6.27. The lowest BCUT2D eigenvalue weighted by Gasteiger charge is -2.31. The molecule has 0 saturated carbocycles. The number of hydrogen-bond donors (Lipinski definition) is 1. The van der Waals surface area contributed by atoms with Gasteiger partial charge < -0.3 is 5.32 Å². The molecule has 0 bridgehead atoms. The molecule has 1 unspecified atom stereocenters. The summed E-state index contributed by atoms with van der Waals surface area (Å²) in [4.78, 5) is 13.8. The van der Waals surface area contributed by atoms with Crippen molar-refractivity contribution in [2.75, 3.05) is 13.1 Å². The number of carbonyl (C=O) groups is 1. The number of aryl methyl sites for hydroxylation is 1. The Labute approximate surface area is 107 Å². The van der Waals surface area contributed by atoms with E-state index in [2.05, 4.69) is 36.7 Å². The standard InChI is InChI=1S/C14H21NOS/c1-11(2)14(7-8-15-10-14)13(16)6-5-12-4-3-9-17-12/h3-4,9,11,15H,5-8,10H2,1-2H3. The number of nitrogens with one attached hydrogen (secondary N) is 1. The number of ketones is 1. The van der Waals surface area contributed by atoms with Crippen molar-refractivity contribution in [3.63, 3.8) is 0 Å². The lowest BCUT2D eigenvalue weighted by Crippen LogP contribution is -2.38. The van der Waals surface area contributed by atoms with Gasteiger partial charge in [-0.25, -0.2) is 0 Å². The van der Waals surface area contributed by atoms with Crippen molar-refractivity contribution < 1.29 is 4.79 Å². The zero-order chi connectivity index (χ0) is 12.3. The van der Waals surface area contributed by atoms with Gasteiger partial charge in [0.05, 0.1) is 0 Å². The molecule has 1 fully saturated rings. The molecule has 2 nitrogen and oxygen atoms in total. The second kappa shape index (κ2) is 5.32. The molecule has 1 aromatic rings. The van der Waals surface area contributed by atoms with Gasteiger partial charge in [0.2, 0.25) is 0 Å². The molecule has 2 rings (SSSR count). The van der Waals surface area contributed by atoms with Crippen LogP contribution in [-0.2, 0) is 11.2 Å². The Kier molecular flexibility index (Phi) is 4.00. The van der Waals surface area contributed by atoms with Gasteiger partial charge in [-0.1, -0.05) is 19.9 Å². The highest BCUT2D eigenvalue weighted by Crippen LogP contribution is 2.36. The van der Waals surface area contributed by atoms with Crippen LogP contribution in [0.1, 0.15) is 31.6 Å². The minimum atomic E-state index is -0.0999. The molecule has 1 aliphatic rings. The van der Waals surface area contributed by atoms with E-state index in [-0.39, 0.29) is 5.41 Å². The van der Waals surface area contributed by atoms with Crippen LogP contribution in [0, 0.1) is 11.3 Å². The van der Waals surface area contributed by atoms with Crippen LogP contribution in [0.2, 0.25) is 0 Å². The Balaban J connectivity index is 1.98. The fourth-order valence-electron chi connectivity index (χ4n) is 2.70. The van der Waals surface area contributed by atoms with Crippen molar-refractivity contribution in [3.05, 3.63) is 22.4 Å². The molecule has 0 radical (unpaired) electrons. The average Bonchev–Trinajstić information content (AvgIpc) is 2.97. The summed E-state index contributed by atoms with van der Waals surface area (Å²) in [6.45, 7) is 6.21. The van der Waals surface area contributed by atoms with E-state index in [0.29, 0.717) is 18.1 Å². The third kappa shape index (κ3) is 2.61. The van der Waals surface area contributed by atoms with Gasteiger partial charge in [0.1, 0.15) is 5.78 Å². The molecule has 2 heterocycles. The predicted molar refractivity (Wildman–Crippen MR) is 72.4 cm³/mol. The smallest absolute Gasteiger partial charge is 0.140 e. The molecule has 1 aromatic heterocycles. The first-order valence-electron chi connectivity index (χ1n) is 6.41. The Hall–Kier alpha value is -0.670. The van der Waals surface area contributed by atoms with Crippen molar-refractivity contribution in [2.24, 2.45) is 11.3 Å². The fourth-order valence-corrected chi connectivity index (χ4v) is 3.41. The van der Waals surface area contributed by atoms with E-state index < -0.39 is 0 Å². The van der Waals surface area contributed by atoms with Crippen molar-refractivity contribution in [1.82, 2.24) is 5.32 Å². The molecule has 17 heavy (non-hydrogen) atoms. The SMILES string of the molecule is CC(C)C1(C(=O)CCc2cccs2)CCNC1. The van der Waals surface area contributed by atoms with Crippen molar-refractivity contribution in [1.29, 1.82) is 0 Å². The molecule has 0 aliphatic carbocycles. The second-order valence-electron chi connectivity index (χ2n) is 5.24. The van der Waals surface area contributed by atoms with E-state index in [0.717, 1.165) is 25.9 Å². The van der Waals surface area contributed by atoms with Crippen LogP contribution in [-0.4, -0.2) is 18.9 Å². The number of Topliss-reactive ketones (excluding diaryl/α,β-unsaturated/α-hetero) is 1. The minimum Gasteiger partial charge on any atom is -0.316 e. The van der Waals surface area contributed by atoms with Gasteiger partial charge in [0.15, 0.2) is 0 Å². The van der Waals surface area contributed by atoms with E-state index in [1.54, 1.807) is 11.3 Å². The van der Waals surface area contributed by atoms with Gasteiger partial charge in [-0.2, -0.15) is 0 Å². The van der Waals surface area contributed by atoms with Gasteiger partial charge in [0, 0.05) is 23.3 Å². The summed E-state index contributed by atoms with van der Waals surface area (Å²) in [6, 6.07) is 4.17. The molecular weight excluding hydrogens is 230 g/mol. The highest BCUT2D eigenvalue weighted by molar-refractivity contribution is 7.09. The number of thiophene rings is 1. The Bertz CT molecular complexity index is 364. The summed E-state index contributed by atoms with van der Waals surface area (Å²) in [7, 11) is 0. The summed E-state index contributed by atoms with van der Waals surface area (Å²) in [5.41, 5.74) is -0.0999. The highest BCUT2D eigenvalue weighted by atomic mass is 32.1. The van der Waals surface area contributed by atoms with Crippen LogP contribution in [0.4, 0.5) is 0 Å². The first-order valence-corrected chi connectivity index (χ1v) is 7.29. The van der Waals surface area contributed by atoms with Crippen molar-refractivity contribution >= 4 is 17.1 Å². The minimum absolute atomic E-state index is 0.0999. The van der Waals surface area contributed by atoms with E-state index >= 15 is 0 Å². The average molecular weight is 251 g/mol. The summed E-state index contributed by atoms with van der Waals surface area (Å²) in [6.07, 6.45) is 2.61. The molecule has 0 amide bonds. The molecular formula is C14H21NOS. The molecule has 1 saturated heterocycles. The van der Waals surface area contributed by atoms with Crippen molar-refractivity contribution in [2.45, 2.75) is 33.1 Å². The first kappa shape index (κ1) is 12.8. The molecule has 3 heteroatoms. The lowest BCUT2D eigenvalue weighted by molar-refractivity contribution is -0.130. The van der Waals surface area contributed by atoms with Crippen LogP contribution in [0.25, 0.3) is 0 Å². The van der Waals surface area contributed by atoms with Crippen LogP contribution in [0.5, 0.6) is 0 Å². The van der Waals surface area contributed by atoms with Crippen LogP contribution in [0.15, 0.2) is 17.5 Å². The first-order chi connectivity index (χ1) is 8.15. The summed E-state index contributed by atoms with van der Waals surface area (Å²) in [5.74, 6) is 0.888. The zero-order valence-electron chi connectivity index (χ0n) is 10.7. The largest absolute Gasteiger partial charge is 0.316 e. The maximum atomic E-state index is 12.5. The molecule has 1 N–H and O–H groups in total. The molecule has 1 atom stereocenters. The highest BCUT2D eigenvalue weighted by Gasteiger charge is 2.42. The third-order valence-corrected chi connectivity index (χ3v) is 4.96. The predicted octanol–water partition coefficient (Wildman–Crippen LogP) is 2.89. The summed E-state index contributed by atoms with van der Waals surface area (Å²) < 4.78 is 0. The number of carbonyl (C=O) groups excluding carboxylic acids is 1. The monoisotopic (exact) mass is 251 g/mol. The summed E-state index contributed by atoms with van der Waals surface area (Å²) in [5, 5.41) is 5.43. The van der Waals surface area contributed by atoms with Crippen molar-refractivity contribution in [3.8, 4) is 0 Å². The van der Waals surface area contributed by atoms with E-state index in [1.165, 1.54) is 4.88 Å². The van der Waals surface area contributed by atoms with Gasteiger partial charge in [-0.15, -0.1) is 11.3 Å². The van der Waals surface area contributed by atoms with Gasteiger partial charge in [-0.3, -0.25) is 4.79 Å². The molecule has 0 aromatic carbocycles. The van der Waals surface area contributed by atoms with Crippen LogP contribution >= 0.6 is 11.3 Å². The van der Waals surface area contributed by atoms with E-state index in [4.69, 9.17) is 0 Å². The number of rotatable bonds is 5. The maximum absolute atomic E-state index is 12.5. The Morgan fingerprint density at radius 3 is 2.94 bits per heavy atom. The Morgan fingerprint density at radius 1 is 1.59 bits per heavy atom. The topological polar surface area (TPSA) is 29.1 Å². The normalized spacial score (nSPS) is 24.4. The van der Waals surface area contributed by atoms with Gasteiger partial charge in [-0.05, 0) is 36.8 Å². The lowest BCUT2D eigenvalue weighted by atomic mass is 9.72. The van der Waals surface area contributed by atoms with Crippen LogP contribution in [0.3, 0.4) is 0 Å². The van der Waals surface area contributed by atoms with E-state index in [9.17, 15) is 4.79 Å². The quantitative estimate of drug-likeness (QED) is 0.872. The number of hydrogen-bond acceptors (Lipinski definition) is 3. The third-order valence-electron chi connectivity index (χ3n) is 4.03. The molecule has 0 spiro atoms. The maximum Gasteiger partial charge on any atom is 0.140 e. The van der Waals surface area contributed by atoms with Gasteiger partial charge >= 0.3 is 0 Å².